The summed E-state index contributed by atoms with van der Waals surface area (Å²) in [5.74, 6) is 2.37. The Hall–Kier alpha value is -1.51. The van der Waals surface area contributed by atoms with E-state index in [4.69, 9.17) is 9.84 Å². The van der Waals surface area contributed by atoms with Gasteiger partial charge >= 0.3 is 5.97 Å². The number of aliphatic carboxylic acids is 1. The third-order valence-corrected chi connectivity index (χ3v) is 6.55. The van der Waals surface area contributed by atoms with Gasteiger partial charge in [-0.05, 0) is 60.6 Å². The smallest absolute Gasteiger partial charge is 0.341 e. The van der Waals surface area contributed by atoms with E-state index in [1.807, 2.05) is 26.0 Å². The Morgan fingerprint density at radius 1 is 1.07 bits per heavy atom. The molecule has 0 amide bonds. The zero-order chi connectivity index (χ0) is 20.4. The molecule has 3 nitrogen and oxygen atoms in total. The van der Waals surface area contributed by atoms with Crippen LogP contribution in [-0.2, 0) is 17.6 Å². The topological polar surface area (TPSA) is 46.5 Å². The van der Waals surface area contributed by atoms with Crippen molar-refractivity contribution in [3.63, 3.8) is 0 Å². The predicted octanol–water partition coefficient (Wildman–Crippen LogP) is 6.67. The highest BCUT2D eigenvalue weighted by atomic mass is 16.5. The van der Waals surface area contributed by atoms with Crippen molar-refractivity contribution >= 4 is 5.97 Å². The second kappa shape index (κ2) is 12.1. The fraction of sp³-hybridized carbons (Fsp3) is 0.720. The predicted molar refractivity (Wildman–Crippen MR) is 116 cm³/mol. The molecular weight excluding hydrogens is 348 g/mol. The van der Waals surface area contributed by atoms with Gasteiger partial charge in [-0.15, -0.1) is 0 Å². The van der Waals surface area contributed by atoms with E-state index in [0.29, 0.717) is 0 Å². The van der Waals surface area contributed by atoms with Crippen LogP contribution in [0.2, 0.25) is 0 Å². The van der Waals surface area contributed by atoms with E-state index >= 15 is 0 Å². The molecule has 0 heterocycles. The molecule has 2 aliphatic carbocycles. The summed E-state index contributed by atoms with van der Waals surface area (Å²) in [6, 6.07) is 6.18. The van der Waals surface area contributed by atoms with Gasteiger partial charge in [0.25, 0.3) is 0 Å². The Kier molecular flexibility index (Phi) is 9.87. The Labute approximate surface area is 171 Å². The van der Waals surface area contributed by atoms with E-state index < -0.39 is 5.97 Å². The van der Waals surface area contributed by atoms with Crippen LogP contribution in [0.3, 0.4) is 0 Å². The van der Waals surface area contributed by atoms with Crippen LogP contribution in [0.25, 0.3) is 0 Å². The van der Waals surface area contributed by atoms with Gasteiger partial charge in [-0.25, -0.2) is 4.79 Å². The minimum Gasteiger partial charge on any atom is -0.482 e. The van der Waals surface area contributed by atoms with E-state index in [1.165, 1.54) is 68.9 Å². The van der Waals surface area contributed by atoms with Crippen LogP contribution in [0.4, 0.5) is 0 Å². The molecular formula is C25H40O3. The minimum absolute atomic E-state index is 0.245. The zero-order valence-corrected chi connectivity index (χ0v) is 18.2. The van der Waals surface area contributed by atoms with Crippen molar-refractivity contribution in [1.82, 2.24) is 0 Å². The second-order valence-electron chi connectivity index (χ2n) is 8.30. The van der Waals surface area contributed by atoms with Crippen LogP contribution in [0.15, 0.2) is 18.2 Å². The standard InChI is InChI=1S/C23H34O3.C2H6/c1-2-3-4-5-6-7-9-17-12-13-19-15-21-18(14-20(17)19)10-8-11-22(21)26-16-23(24)25;1-2/h8,10-11,17,19-20H,2-7,9,12-16H2,1H3,(H,24,25);1-2H3/t17?,19-,20-;/m1./s1. The van der Waals surface area contributed by atoms with Crippen molar-refractivity contribution in [2.75, 3.05) is 6.61 Å². The van der Waals surface area contributed by atoms with Crippen LogP contribution in [0, 0.1) is 17.8 Å². The number of rotatable bonds is 10. The lowest BCUT2D eigenvalue weighted by atomic mass is 9.73. The van der Waals surface area contributed by atoms with Gasteiger partial charge in [0.2, 0.25) is 0 Å². The molecule has 0 saturated heterocycles. The summed E-state index contributed by atoms with van der Waals surface area (Å²) in [6.07, 6.45) is 14.7. The lowest BCUT2D eigenvalue weighted by molar-refractivity contribution is -0.139. The van der Waals surface area contributed by atoms with Crippen molar-refractivity contribution in [3.05, 3.63) is 29.3 Å². The maximum Gasteiger partial charge on any atom is 0.341 e. The molecule has 3 rings (SSSR count). The van der Waals surface area contributed by atoms with E-state index in [-0.39, 0.29) is 6.61 Å². The fourth-order valence-electron chi connectivity index (χ4n) is 5.20. The molecule has 1 fully saturated rings. The third kappa shape index (κ3) is 6.25. The maximum atomic E-state index is 10.8. The molecule has 1 saturated carbocycles. The molecule has 3 atom stereocenters. The van der Waals surface area contributed by atoms with Gasteiger partial charge in [0.1, 0.15) is 5.75 Å². The highest BCUT2D eigenvalue weighted by Gasteiger charge is 2.39. The van der Waals surface area contributed by atoms with Gasteiger partial charge in [0, 0.05) is 0 Å². The van der Waals surface area contributed by atoms with Crippen LogP contribution >= 0.6 is 0 Å². The Morgan fingerprint density at radius 2 is 1.82 bits per heavy atom. The summed E-state index contributed by atoms with van der Waals surface area (Å²) in [5, 5.41) is 8.89. The molecule has 3 heteroatoms. The molecule has 0 spiro atoms. The first kappa shape index (κ1) is 22.8. The number of carboxylic acids is 1. The lowest BCUT2D eigenvalue weighted by Gasteiger charge is -2.32. The van der Waals surface area contributed by atoms with E-state index in [0.717, 1.165) is 36.3 Å². The first-order chi connectivity index (χ1) is 13.7. The molecule has 1 aromatic carbocycles. The van der Waals surface area contributed by atoms with Crippen molar-refractivity contribution in [1.29, 1.82) is 0 Å². The third-order valence-electron chi connectivity index (χ3n) is 6.55. The number of carbonyl (C=O) groups is 1. The Bertz CT molecular complexity index is 595. The number of carboxylic acid groups (broad SMARTS) is 1. The average molecular weight is 389 g/mol. The fourth-order valence-corrected chi connectivity index (χ4v) is 5.20. The average Bonchev–Trinajstić information content (AvgIpc) is 3.10. The van der Waals surface area contributed by atoms with Crippen LogP contribution in [0.1, 0.15) is 89.7 Å². The summed E-state index contributed by atoms with van der Waals surface area (Å²) in [5.41, 5.74) is 2.67. The maximum absolute atomic E-state index is 10.8. The molecule has 2 aliphatic rings. The number of unbranched alkanes of at least 4 members (excludes halogenated alkanes) is 5. The van der Waals surface area contributed by atoms with Crippen molar-refractivity contribution < 1.29 is 14.6 Å². The van der Waals surface area contributed by atoms with Gasteiger partial charge in [-0.2, -0.15) is 0 Å². The summed E-state index contributed by atoms with van der Waals surface area (Å²) in [6.45, 7) is 6.03. The summed E-state index contributed by atoms with van der Waals surface area (Å²) in [7, 11) is 0. The zero-order valence-electron chi connectivity index (χ0n) is 18.2. The molecule has 0 aromatic heterocycles. The van der Waals surface area contributed by atoms with Crippen LogP contribution < -0.4 is 4.74 Å². The van der Waals surface area contributed by atoms with Gasteiger partial charge in [-0.3, -0.25) is 0 Å². The molecule has 1 aromatic rings. The summed E-state index contributed by atoms with van der Waals surface area (Å²) < 4.78 is 5.55. The second-order valence-corrected chi connectivity index (χ2v) is 8.30. The summed E-state index contributed by atoms with van der Waals surface area (Å²) in [4.78, 5) is 10.8. The molecule has 1 N–H and O–H groups in total. The first-order valence-electron chi connectivity index (χ1n) is 11.6. The SMILES string of the molecule is CC.CCCCCCCCC1CC[C@@H]2Cc3c(cccc3OCC(=O)O)C[C@H]12. The van der Waals surface area contributed by atoms with E-state index in [2.05, 4.69) is 13.0 Å². The monoisotopic (exact) mass is 388 g/mol. The van der Waals surface area contributed by atoms with E-state index in [9.17, 15) is 4.79 Å². The molecule has 1 unspecified atom stereocenters. The Morgan fingerprint density at radius 3 is 2.57 bits per heavy atom. The molecule has 0 bridgehead atoms. The number of benzene rings is 1. The van der Waals surface area contributed by atoms with Crippen molar-refractivity contribution in [3.8, 4) is 5.75 Å². The van der Waals surface area contributed by atoms with Gasteiger partial charge in [-0.1, -0.05) is 77.8 Å². The Balaban J connectivity index is 0.00000136. The number of hydrogen-bond donors (Lipinski definition) is 1. The van der Waals surface area contributed by atoms with Crippen LogP contribution in [0.5, 0.6) is 5.75 Å². The quantitative estimate of drug-likeness (QED) is 0.455. The van der Waals surface area contributed by atoms with Gasteiger partial charge in [0.05, 0.1) is 0 Å². The molecule has 158 valence electrons. The normalized spacial score (nSPS) is 22.6. The molecule has 0 radical (unpaired) electrons. The number of hydrogen-bond acceptors (Lipinski definition) is 2. The highest BCUT2D eigenvalue weighted by Crippen LogP contribution is 2.48. The van der Waals surface area contributed by atoms with Gasteiger partial charge in [0.15, 0.2) is 6.61 Å². The number of ether oxygens (including phenoxy) is 1. The lowest BCUT2D eigenvalue weighted by Crippen LogP contribution is -2.26. The first-order valence-corrected chi connectivity index (χ1v) is 11.6. The number of fused-ring (bicyclic) bond motifs is 2. The van der Waals surface area contributed by atoms with Crippen molar-refractivity contribution in [2.24, 2.45) is 17.8 Å². The summed E-state index contributed by atoms with van der Waals surface area (Å²) >= 11 is 0. The minimum atomic E-state index is -0.906. The molecule has 0 aliphatic heterocycles. The largest absolute Gasteiger partial charge is 0.482 e. The van der Waals surface area contributed by atoms with Crippen molar-refractivity contribution in [2.45, 2.75) is 91.4 Å². The van der Waals surface area contributed by atoms with Crippen LogP contribution in [-0.4, -0.2) is 17.7 Å². The van der Waals surface area contributed by atoms with Gasteiger partial charge < -0.3 is 9.84 Å². The molecule has 28 heavy (non-hydrogen) atoms. The van der Waals surface area contributed by atoms with E-state index in [1.54, 1.807) is 0 Å². The highest BCUT2D eigenvalue weighted by molar-refractivity contribution is 5.68.